The number of likely N-dealkylation sites (tertiary alicyclic amines) is 1. The van der Waals surface area contributed by atoms with Crippen molar-refractivity contribution in [3.63, 3.8) is 0 Å². The van der Waals surface area contributed by atoms with E-state index in [0.29, 0.717) is 25.5 Å². The molecule has 3 fully saturated rings. The smallest absolute Gasteiger partial charge is 0.250 e. The van der Waals surface area contributed by atoms with Crippen LogP contribution in [0.4, 0.5) is 0 Å². The number of imidazole rings is 2. The number of benzene rings is 3. The Bertz CT molecular complexity index is 2840. The van der Waals surface area contributed by atoms with Gasteiger partial charge in [-0.1, -0.05) is 98.3 Å². The molecule has 2 saturated carbocycles. The van der Waals surface area contributed by atoms with E-state index in [0.717, 1.165) is 110 Å². The molecule has 3 aliphatic rings. The van der Waals surface area contributed by atoms with Crippen LogP contribution in [0.3, 0.4) is 0 Å². The van der Waals surface area contributed by atoms with Crippen LogP contribution in [0, 0.1) is 11.8 Å². The van der Waals surface area contributed by atoms with Crippen molar-refractivity contribution in [2.75, 3.05) is 13.1 Å². The first-order chi connectivity index (χ1) is 32.8. The molecule has 3 atom stereocenters. The summed E-state index contributed by atoms with van der Waals surface area (Å²) in [5.74, 6) is 1.11. The Morgan fingerprint density at radius 2 is 1.21 bits per heavy atom. The first-order valence-electron chi connectivity index (χ1n) is 23.5. The highest BCUT2D eigenvalue weighted by Crippen LogP contribution is 2.40. The van der Waals surface area contributed by atoms with E-state index in [-0.39, 0.29) is 41.5 Å². The summed E-state index contributed by atoms with van der Waals surface area (Å²) in [5.41, 5.74) is 5.60. The fourth-order valence-corrected chi connectivity index (χ4v) is 10.8. The average Bonchev–Trinajstić information content (AvgIpc) is 3.95. The van der Waals surface area contributed by atoms with Gasteiger partial charge in [-0.05, 0) is 91.5 Å². The molecule has 4 amide bonds. The number of rotatable bonds is 18. The number of nitrogens with zero attached hydrogens (tertiary/aromatic N) is 4. The molecule has 7 aromatic rings. The first kappa shape index (κ1) is 44.2. The van der Waals surface area contributed by atoms with Crippen LogP contribution in [0.25, 0.3) is 42.0 Å². The third-order valence-electron chi connectivity index (χ3n) is 12.9. The summed E-state index contributed by atoms with van der Waals surface area (Å²) in [4.78, 5) is 78.7. The maximum absolute atomic E-state index is 14.2. The third kappa shape index (κ3) is 10.1. The van der Waals surface area contributed by atoms with Gasteiger partial charge in [-0.15, -0.1) is 22.7 Å². The fraction of sp³-hybridized carbons (Fsp3) is 0.321. The molecule has 1 aliphatic heterocycles. The van der Waals surface area contributed by atoms with Crippen molar-refractivity contribution < 1.29 is 19.2 Å². The number of unbranched alkanes of at least 4 members (excludes halogenated alkanes) is 1. The molecule has 4 N–H and O–H groups in total. The SMILES string of the molecule is CCCCN(Cc1ncc(-c2ccc(-c3ccc(-c4ccc(-c5cnc([C@@H]6CCCN6C(=O)[C@@H](NC(=O)C6CC6)c6ccccc6)[nH]5)s4)cc3)s2)[nH]1)C(=O)[C@@H](NC(=O)C1CC1)c1ccccc1. The average molecular weight is 931 g/mol. The zero-order valence-corrected chi connectivity index (χ0v) is 39.1. The molecule has 5 heterocycles. The van der Waals surface area contributed by atoms with E-state index < -0.39 is 12.1 Å². The van der Waals surface area contributed by atoms with E-state index in [1.807, 2.05) is 82.9 Å². The van der Waals surface area contributed by atoms with Crippen molar-refractivity contribution in [1.29, 1.82) is 0 Å². The molecule has 14 heteroatoms. The zero-order valence-electron chi connectivity index (χ0n) is 37.5. The van der Waals surface area contributed by atoms with Crippen molar-refractivity contribution in [2.45, 2.75) is 83.0 Å². The molecule has 0 bridgehead atoms. The summed E-state index contributed by atoms with van der Waals surface area (Å²) in [5, 5.41) is 6.11. The highest BCUT2D eigenvalue weighted by Gasteiger charge is 2.39. The van der Waals surface area contributed by atoms with Crippen LogP contribution in [0.5, 0.6) is 0 Å². The van der Waals surface area contributed by atoms with Crippen molar-refractivity contribution in [2.24, 2.45) is 11.8 Å². The van der Waals surface area contributed by atoms with Crippen LogP contribution in [-0.4, -0.2) is 66.5 Å². The summed E-state index contributed by atoms with van der Waals surface area (Å²) in [6, 6.07) is 34.5. The number of carbonyl (C=O) groups is 4. The van der Waals surface area contributed by atoms with Gasteiger partial charge in [0.05, 0.1) is 46.1 Å². The predicted molar refractivity (Wildman–Crippen MR) is 262 cm³/mol. The molecule has 0 spiro atoms. The number of H-pyrrole nitrogens is 2. The summed E-state index contributed by atoms with van der Waals surface area (Å²) in [6.07, 6.45) is 10.6. The fourth-order valence-electron chi connectivity index (χ4n) is 8.81. The van der Waals surface area contributed by atoms with E-state index in [4.69, 9.17) is 9.97 Å². The standard InChI is InChI=1S/C53H54N8O4S2/c1-2-3-28-60(52(64)47(35-11-6-4-7-12-35)58-50(62)37-20-21-37)32-46-54-30-39(56-46)44-26-24-42(66-44)33-16-18-34(19-17-33)43-25-27-45(67-43)40-31-55-49(57-40)41-15-10-29-61(41)53(65)48(36-13-8-5-9-14-36)59-51(63)38-22-23-38/h4-9,11-14,16-19,24-27,30-31,37-38,41,47-48H,2-3,10,15,20-23,28-29,32H2,1H3,(H,54,56)(H,55,57)(H,58,62)(H,59,63)/t41-,47-,48-/m0/s1. The lowest BCUT2D eigenvalue weighted by molar-refractivity contribution is -0.138. The van der Waals surface area contributed by atoms with Crippen molar-refractivity contribution >= 4 is 46.3 Å². The van der Waals surface area contributed by atoms with E-state index in [1.165, 1.54) is 0 Å². The van der Waals surface area contributed by atoms with E-state index in [2.05, 4.69) is 76.1 Å². The minimum atomic E-state index is -0.750. The molecule has 1 saturated heterocycles. The molecule has 2 aliphatic carbocycles. The minimum Gasteiger partial charge on any atom is -0.340 e. The molecular weight excluding hydrogens is 877 g/mol. The van der Waals surface area contributed by atoms with Crippen LogP contribution >= 0.6 is 22.7 Å². The Morgan fingerprint density at radius 3 is 1.79 bits per heavy atom. The number of hydrogen-bond donors (Lipinski definition) is 4. The second-order valence-corrected chi connectivity index (χ2v) is 20.1. The van der Waals surface area contributed by atoms with Crippen LogP contribution in [0.1, 0.15) is 99.2 Å². The van der Waals surface area contributed by atoms with Gasteiger partial charge in [0.25, 0.3) is 0 Å². The van der Waals surface area contributed by atoms with Crippen LogP contribution in [0.2, 0.25) is 0 Å². The van der Waals surface area contributed by atoms with E-state index in [1.54, 1.807) is 22.7 Å². The quantitative estimate of drug-likeness (QED) is 0.0671. The van der Waals surface area contributed by atoms with E-state index >= 15 is 0 Å². The second kappa shape index (κ2) is 19.7. The van der Waals surface area contributed by atoms with Gasteiger partial charge in [-0.25, -0.2) is 9.97 Å². The van der Waals surface area contributed by atoms with E-state index in [9.17, 15) is 19.2 Å². The van der Waals surface area contributed by atoms with Gasteiger partial charge in [0.1, 0.15) is 23.7 Å². The third-order valence-corrected chi connectivity index (χ3v) is 15.3. The van der Waals surface area contributed by atoms with Crippen molar-refractivity contribution in [3.05, 3.63) is 144 Å². The van der Waals surface area contributed by atoms with Gasteiger partial charge in [-0.2, -0.15) is 0 Å². The highest BCUT2D eigenvalue weighted by atomic mass is 32.1. The maximum atomic E-state index is 14.2. The number of amides is 4. The molecule has 3 aromatic carbocycles. The lowest BCUT2D eigenvalue weighted by Crippen LogP contribution is -2.43. The monoisotopic (exact) mass is 930 g/mol. The molecule has 67 heavy (non-hydrogen) atoms. The first-order valence-corrected chi connectivity index (χ1v) is 25.1. The lowest BCUT2D eigenvalue weighted by Gasteiger charge is -2.28. The minimum absolute atomic E-state index is 0.00169. The molecular formula is C53H54N8O4S2. The number of aromatic amines is 2. The Labute approximate surface area is 398 Å². The molecule has 0 radical (unpaired) electrons. The van der Waals surface area contributed by atoms with Gasteiger partial charge in [-0.3, -0.25) is 19.2 Å². The topological polar surface area (TPSA) is 156 Å². The summed E-state index contributed by atoms with van der Waals surface area (Å²) >= 11 is 3.37. The summed E-state index contributed by atoms with van der Waals surface area (Å²) in [6.45, 7) is 3.59. The predicted octanol–water partition coefficient (Wildman–Crippen LogP) is 10.3. The number of thiophene rings is 2. The lowest BCUT2D eigenvalue weighted by atomic mass is 10.0. The Kier molecular flexibility index (Phi) is 13.0. The van der Waals surface area contributed by atoms with Crippen LogP contribution in [0.15, 0.2) is 122 Å². The molecule has 4 aromatic heterocycles. The molecule has 342 valence electrons. The maximum Gasteiger partial charge on any atom is 0.250 e. The Hall–Kier alpha value is -6.64. The van der Waals surface area contributed by atoms with Crippen LogP contribution < -0.4 is 10.6 Å². The van der Waals surface area contributed by atoms with Crippen molar-refractivity contribution in [1.82, 2.24) is 40.4 Å². The van der Waals surface area contributed by atoms with Gasteiger partial charge in [0.2, 0.25) is 23.6 Å². The highest BCUT2D eigenvalue weighted by molar-refractivity contribution is 7.19. The van der Waals surface area contributed by atoms with Crippen molar-refractivity contribution in [3.8, 4) is 42.0 Å². The van der Waals surface area contributed by atoms with Crippen LogP contribution in [-0.2, 0) is 25.7 Å². The number of hydrogen-bond acceptors (Lipinski definition) is 8. The number of aromatic nitrogens is 4. The normalized spacial score (nSPS) is 16.7. The van der Waals surface area contributed by atoms with Gasteiger partial charge >= 0.3 is 0 Å². The van der Waals surface area contributed by atoms with Gasteiger partial charge in [0.15, 0.2) is 0 Å². The molecule has 12 nitrogen and oxygen atoms in total. The molecule has 10 rings (SSSR count). The Balaban J connectivity index is 0.788. The van der Waals surface area contributed by atoms with Gasteiger partial charge < -0.3 is 30.4 Å². The zero-order chi connectivity index (χ0) is 45.9. The number of carbonyl (C=O) groups excluding carboxylic acids is 4. The molecule has 0 unspecified atom stereocenters. The summed E-state index contributed by atoms with van der Waals surface area (Å²) < 4.78 is 0. The largest absolute Gasteiger partial charge is 0.340 e. The Morgan fingerprint density at radius 1 is 0.672 bits per heavy atom. The summed E-state index contributed by atoms with van der Waals surface area (Å²) in [7, 11) is 0. The van der Waals surface area contributed by atoms with Gasteiger partial charge in [0, 0.05) is 34.7 Å². The second-order valence-electron chi connectivity index (χ2n) is 17.9. The number of nitrogens with one attached hydrogen (secondary N) is 4.